The van der Waals surface area contributed by atoms with E-state index < -0.39 is 5.82 Å². The van der Waals surface area contributed by atoms with E-state index in [-0.39, 0.29) is 17.2 Å². The van der Waals surface area contributed by atoms with Gasteiger partial charge in [0.05, 0.1) is 33.7 Å². The Morgan fingerprint density at radius 3 is 2.59 bits per heavy atom. The summed E-state index contributed by atoms with van der Waals surface area (Å²) in [7, 11) is 5.79. The molecule has 1 aliphatic heterocycles. The van der Waals surface area contributed by atoms with Crippen molar-refractivity contribution in [3.05, 3.63) is 28.1 Å². The summed E-state index contributed by atoms with van der Waals surface area (Å²) < 4.78 is 23.9. The molecule has 2 fully saturated rings. The minimum atomic E-state index is -0.406. The number of nitriles is 1. The third-order valence-electron chi connectivity index (χ3n) is 5.20. The number of aryl methyl sites for hydroxylation is 1. The summed E-state index contributed by atoms with van der Waals surface area (Å²) in [4.78, 5) is 4.13. The van der Waals surface area contributed by atoms with Gasteiger partial charge in [0.1, 0.15) is 17.4 Å². The van der Waals surface area contributed by atoms with E-state index in [1.807, 2.05) is 19.0 Å². The summed E-state index contributed by atoms with van der Waals surface area (Å²) in [6.45, 7) is 1.48. The van der Waals surface area contributed by atoms with E-state index in [9.17, 15) is 5.26 Å². The number of anilines is 1. The molecule has 0 amide bonds. The maximum absolute atomic E-state index is 15.7. The van der Waals surface area contributed by atoms with Gasteiger partial charge < -0.3 is 14.5 Å². The summed E-state index contributed by atoms with van der Waals surface area (Å²) in [5.41, 5.74) is 1.48. The number of benzene rings is 1. The van der Waals surface area contributed by atoms with Crippen LogP contribution in [0.2, 0.25) is 0 Å². The van der Waals surface area contributed by atoms with Gasteiger partial charge in [0, 0.05) is 32.2 Å². The first-order chi connectivity index (χ1) is 12.9. The second-order valence-electron chi connectivity index (χ2n) is 7.37. The van der Waals surface area contributed by atoms with Crippen molar-refractivity contribution in [2.45, 2.75) is 25.0 Å². The number of hydrogen-bond acceptors (Lipinski definition) is 5. The largest absolute Gasteiger partial charge is 0.489 e. The average molecular weight is 434 g/mol. The molecule has 1 aromatic heterocycles. The van der Waals surface area contributed by atoms with Crippen LogP contribution in [0.5, 0.6) is 5.75 Å². The van der Waals surface area contributed by atoms with Crippen molar-refractivity contribution < 1.29 is 9.13 Å². The molecular weight excluding hydrogens is 413 g/mol. The smallest absolute Gasteiger partial charge is 0.157 e. The molecule has 0 radical (unpaired) electrons. The zero-order valence-corrected chi connectivity index (χ0v) is 17.1. The van der Waals surface area contributed by atoms with Crippen LogP contribution in [0, 0.1) is 17.1 Å². The van der Waals surface area contributed by atoms with Gasteiger partial charge >= 0.3 is 0 Å². The average Bonchev–Trinajstić information content (AvgIpc) is 3.33. The van der Waals surface area contributed by atoms with Crippen LogP contribution in [0.4, 0.5) is 10.1 Å². The lowest BCUT2D eigenvalue weighted by Crippen LogP contribution is -2.57. The Morgan fingerprint density at radius 2 is 2.07 bits per heavy atom. The molecule has 27 heavy (non-hydrogen) atoms. The molecule has 0 bridgehead atoms. The fourth-order valence-corrected chi connectivity index (χ4v) is 3.86. The van der Waals surface area contributed by atoms with Crippen molar-refractivity contribution in [2.75, 3.05) is 32.1 Å². The van der Waals surface area contributed by atoms with Gasteiger partial charge in [0.25, 0.3) is 0 Å². The quantitative estimate of drug-likeness (QED) is 0.724. The lowest BCUT2D eigenvalue weighted by atomic mass is 9.99. The summed E-state index contributed by atoms with van der Waals surface area (Å²) in [5, 5.41) is 14.0. The second-order valence-corrected chi connectivity index (χ2v) is 8.23. The Labute approximate surface area is 166 Å². The van der Waals surface area contributed by atoms with Gasteiger partial charge in [-0.05, 0) is 42.9 Å². The molecule has 6 nitrogen and oxygen atoms in total. The van der Waals surface area contributed by atoms with E-state index in [2.05, 4.69) is 32.0 Å². The topological polar surface area (TPSA) is 57.3 Å². The number of likely N-dealkylation sites (N-methyl/N-ethyl adjacent to an activating group) is 1. The maximum atomic E-state index is 15.7. The SMILES string of the molecule is CN(C)C1CN(c2cc(OC3CC3)c(C#N)c(-c3c(Br)cnn3C)c2F)C1. The number of hydrogen-bond donors (Lipinski definition) is 0. The second kappa shape index (κ2) is 6.80. The van der Waals surface area contributed by atoms with E-state index in [0.717, 1.165) is 25.9 Å². The summed E-state index contributed by atoms with van der Waals surface area (Å²) in [6.07, 6.45) is 3.66. The van der Waals surface area contributed by atoms with Crippen LogP contribution in [0.25, 0.3) is 11.3 Å². The lowest BCUT2D eigenvalue weighted by Gasteiger charge is -2.44. The Morgan fingerprint density at radius 1 is 1.37 bits per heavy atom. The fourth-order valence-electron chi connectivity index (χ4n) is 3.31. The molecule has 0 unspecified atom stereocenters. The molecule has 0 atom stereocenters. The summed E-state index contributed by atoms with van der Waals surface area (Å²) >= 11 is 3.44. The van der Waals surface area contributed by atoms with Crippen LogP contribution >= 0.6 is 15.9 Å². The number of aromatic nitrogens is 2. The highest BCUT2D eigenvalue weighted by atomic mass is 79.9. The zero-order valence-electron chi connectivity index (χ0n) is 15.5. The summed E-state index contributed by atoms with van der Waals surface area (Å²) in [6, 6.07) is 4.23. The minimum Gasteiger partial charge on any atom is -0.489 e. The molecule has 1 aromatic carbocycles. The van der Waals surface area contributed by atoms with Crippen LogP contribution in [0.1, 0.15) is 18.4 Å². The van der Waals surface area contributed by atoms with Crippen molar-refractivity contribution in [1.29, 1.82) is 5.26 Å². The van der Waals surface area contributed by atoms with Crippen LogP contribution in [0.3, 0.4) is 0 Å². The van der Waals surface area contributed by atoms with E-state index in [1.165, 1.54) is 0 Å². The van der Waals surface area contributed by atoms with E-state index in [1.54, 1.807) is 24.0 Å². The van der Waals surface area contributed by atoms with Gasteiger partial charge in [-0.1, -0.05) is 0 Å². The molecule has 0 spiro atoms. The molecule has 0 N–H and O–H groups in total. The van der Waals surface area contributed by atoms with Crippen LogP contribution in [-0.2, 0) is 7.05 Å². The molecule has 142 valence electrons. The molecule has 2 heterocycles. The zero-order chi connectivity index (χ0) is 19.3. The van der Waals surface area contributed by atoms with Crippen molar-refractivity contribution in [1.82, 2.24) is 14.7 Å². The third kappa shape index (κ3) is 3.19. The Kier molecular flexibility index (Phi) is 4.60. The first-order valence-corrected chi connectivity index (χ1v) is 9.72. The summed E-state index contributed by atoms with van der Waals surface area (Å²) in [5.74, 6) is 0.0454. The third-order valence-corrected chi connectivity index (χ3v) is 5.78. The Hall–Kier alpha value is -2.11. The molecule has 1 saturated heterocycles. The first-order valence-electron chi connectivity index (χ1n) is 8.93. The normalized spacial score (nSPS) is 17.1. The Bertz CT molecular complexity index is 906. The van der Waals surface area contributed by atoms with Crippen LogP contribution in [0.15, 0.2) is 16.7 Å². The molecule has 1 saturated carbocycles. The van der Waals surface area contributed by atoms with Crippen molar-refractivity contribution >= 4 is 21.6 Å². The highest BCUT2D eigenvalue weighted by Gasteiger charge is 2.35. The molecule has 4 rings (SSSR count). The number of rotatable bonds is 5. The number of ether oxygens (including phenoxy) is 1. The molecule has 1 aliphatic carbocycles. The monoisotopic (exact) mass is 433 g/mol. The standard InChI is InChI=1S/C19H21BrFN5O/c1-24(2)11-9-26(10-11)15-6-16(27-12-4-5-12)13(7-22)17(18(15)21)19-14(20)8-23-25(19)3/h6,8,11-12H,4-5,9-10H2,1-3H3. The van der Waals surface area contributed by atoms with E-state index in [0.29, 0.717) is 27.6 Å². The predicted octanol–water partition coefficient (Wildman–Crippen LogP) is 3.15. The van der Waals surface area contributed by atoms with Crippen molar-refractivity contribution in [3.8, 4) is 23.1 Å². The number of nitrogens with zero attached hydrogens (tertiary/aromatic N) is 5. The molecule has 2 aliphatic rings. The van der Waals surface area contributed by atoms with Gasteiger partial charge in [-0.2, -0.15) is 10.4 Å². The Balaban J connectivity index is 1.85. The molecular formula is C19H21BrFN5O. The highest BCUT2D eigenvalue weighted by molar-refractivity contribution is 9.10. The first kappa shape index (κ1) is 18.3. The van der Waals surface area contributed by atoms with Gasteiger partial charge in [0.2, 0.25) is 0 Å². The van der Waals surface area contributed by atoms with Gasteiger partial charge in [0.15, 0.2) is 5.82 Å². The maximum Gasteiger partial charge on any atom is 0.157 e. The van der Waals surface area contributed by atoms with Crippen LogP contribution < -0.4 is 9.64 Å². The lowest BCUT2D eigenvalue weighted by molar-refractivity contribution is 0.245. The van der Waals surface area contributed by atoms with Gasteiger partial charge in [-0.3, -0.25) is 4.68 Å². The van der Waals surface area contributed by atoms with Gasteiger partial charge in [-0.15, -0.1) is 0 Å². The van der Waals surface area contributed by atoms with Crippen LogP contribution in [-0.4, -0.2) is 54.0 Å². The highest BCUT2D eigenvalue weighted by Crippen LogP contribution is 2.43. The molecule has 2 aromatic rings. The minimum absolute atomic E-state index is 0.115. The van der Waals surface area contributed by atoms with Crippen molar-refractivity contribution in [2.24, 2.45) is 7.05 Å². The predicted molar refractivity (Wildman–Crippen MR) is 104 cm³/mol. The van der Waals surface area contributed by atoms with E-state index >= 15 is 4.39 Å². The molecule has 8 heteroatoms. The van der Waals surface area contributed by atoms with Crippen molar-refractivity contribution in [3.63, 3.8) is 0 Å². The number of halogens is 2. The fraction of sp³-hybridized carbons (Fsp3) is 0.474. The van der Waals surface area contributed by atoms with E-state index in [4.69, 9.17) is 4.74 Å². The van der Waals surface area contributed by atoms with Gasteiger partial charge in [-0.25, -0.2) is 4.39 Å².